The van der Waals surface area contributed by atoms with Crippen molar-refractivity contribution >= 4 is 56.4 Å². The largest absolute Gasteiger partial charge is 0.508 e. The fourth-order valence-electron chi connectivity index (χ4n) is 13.5. The van der Waals surface area contributed by atoms with E-state index in [2.05, 4.69) is 0 Å². The van der Waals surface area contributed by atoms with Gasteiger partial charge >= 0.3 is 29.5 Å². The van der Waals surface area contributed by atoms with Crippen molar-refractivity contribution in [1.29, 1.82) is 0 Å². The minimum Gasteiger partial charge on any atom is -0.508 e. The number of para-hydroxylation sites is 4. The molecule has 0 saturated heterocycles. The van der Waals surface area contributed by atoms with Crippen LogP contribution in [0.2, 0.25) is 0 Å². The Labute approximate surface area is 520 Å². The normalized spacial score (nSPS) is 20.1. The van der Waals surface area contributed by atoms with E-state index in [0.717, 1.165) is 38.9 Å². The Balaban J connectivity index is 0.000000150. The lowest BCUT2D eigenvalue weighted by Gasteiger charge is -2.48. The van der Waals surface area contributed by atoms with Gasteiger partial charge in [0.25, 0.3) is 0 Å². The Morgan fingerprint density at radius 1 is 0.278 bits per heavy atom. The first-order valence-corrected chi connectivity index (χ1v) is 35.7. The molecule has 4 N–H and O–H groups in total. The number of aromatic hydroxyl groups is 2. The first-order chi connectivity index (χ1) is 43.7. The van der Waals surface area contributed by atoms with Gasteiger partial charge in [0.1, 0.15) is 34.5 Å². The van der Waals surface area contributed by atoms with E-state index in [1.54, 1.807) is 72.8 Å². The molecule has 0 aliphatic carbocycles. The summed E-state index contributed by atoms with van der Waals surface area (Å²) in [4.78, 5) is -3.82. The van der Waals surface area contributed by atoms with Gasteiger partial charge in [0.15, 0.2) is 0 Å². The van der Waals surface area contributed by atoms with E-state index >= 15 is 18.3 Å². The molecule has 16 rings (SSSR count). The molecule has 4 atom stereocenters. The lowest BCUT2D eigenvalue weighted by atomic mass is 10.0. The van der Waals surface area contributed by atoms with Crippen molar-refractivity contribution in [3.63, 3.8) is 0 Å². The van der Waals surface area contributed by atoms with Gasteiger partial charge in [-0.25, -0.2) is 0 Å². The summed E-state index contributed by atoms with van der Waals surface area (Å²) in [6, 6.07) is 86.9. The van der Waals surface area contributed by atoms with E-state index in [4.69, 9.17) is 23.8 Å². The van der Waals surface area contributed by atoms with E-state index in [9.17, 15) is 10.2 Å². The smallest absolute Gasteiger partial charge is 0.303 e. The SMILES string of the molecule is Cc1ccc(C(c2ccc(N)cc2)(P2(=O)Oc3ccccc3-c3ccccc32)P2(=O)Oc3ccccc3-c3ccccc32)cc1.O=P1(C(c2ccc(O)cc2)(c2ccc(O)cc2)P2(=O)Oc3ccccc3-c3ccccc32)Oc2ccccc2-c2ccccc21. The number of aryl methyl sites for hydroxylation is 1. The molecular weight excluding hydrogens is 1200 g/mol. The topological polar surface area (TPSA) is 172 Å². The molecule has 12 aromatic carbocycles. The van der Waals surface area contributed by atoms with Gasteiger partial charge < -0.3 is 34.0 Å². The van der Waals surface area contributed by atoms with Crippen LogP contribution >= 0.6 is 29.5 Å². The highest BCUT2D eigenvalue weighted by molar-refractivity contribution is 7.87. The third-order valence-corrected chi connectivity index (χ3v) is 32.1. The van der Waals surface area contributed by atoms with Crippen LogP contribution in [0.3, 0.4) is 0 Å². The first kappa shape index (κ1) is 56.7. The molecule has 0 amide bonds. The Morgan fingerprint density at radius 2 is 0.489 bits per heavy atom. The number of phenols is 2. The van der Waals surface area contributed by atoms with Crippen molar-refractivity contribution < 1.29 is 46.6 Å². The minimum absolute atomic E-state index is 0.0134. The van der Waals surface area contributed by atoms with E-state index < -0.39 is 39.3 Å². The van der Waals surface area contributed by atoms with Gasteiger partial charge in [0, 0.05) is 27.9 Å². The Morgan fingerprint density at radius 3 is 0.756 bits per heavy atom. The summed E-state index contributed by atoms with van der Waals surface area (Å²) in [7, 11) is -17.4. The van der Waals surface area contributed by atoms with Crippen molar-refractivity contribution in [3.8, 4) is 79.0 Å². The molecule has 11 nitrogen and oxygen atoms in total. The van der Waals surface area contributed by atoms with Gasteiger partial charge in [-0.15, -0.1) is 0 Å². The third-order valence-electron chi connectivity index (χ3n) is 17.5. The molecule has 0 radical (unpaired) electrons. The number of hydrogen-bond donors (Lipinski definition) is 3. The number of hydrogen-bond acceptors (Lipinski definition) is 11. The van der Waals surface area contributed by atoms with E-state index in [1.807, 2.05) is 201 Å². The molecule has 4 heterocycles. The second kappa shape index (κ2) is 21.4. The predicted octanol–water partition coefficient (Wildman–Crippen LogP) is 17.7. The summed E-state index contributed by atoms with van der Waals surface area (Å²) in [6.45, 7) is 1.99. The standard InChI is InChI=1S/C38H29NO4P2.C37H26O6P2/c1-26-18-20-27(21-19-26)38(28-22-24-29(39)25-23-28,44(40)36-16-8-4-12-32(36)30-10-2-6-14-34(30)42-44)45(41)37-17-9-5-13-33(37)31-11-3-7-15-35(31)43-45;38-27-21-17-25(18-22-27)37(26-19-23-28(39)24-20-26,44(40)35-15-7-3-11-31(35)29-9-1-5-13-33(29)42-44)45(41)36-16-8-4-12-32(36)30-10-2-6-14-34(30)43-45/h2-25H,39H2,1H3;1-24,38-39H. The summed E-state index contributed by atoms with van der Waals surface area (Å²) in [5, 5.41) is 22.6. The van der Waals surface area contributed by atoms with E-state index in [1.165, 1.54) is 24.3 Å². The lowest BCUT2D eigenvalue weighted by molar-refractivity contribution is 0.446. The molecule has 0 aromatic heterocycles. The summed E-state index contributed by atoms with van der Waals surface area (Å²) in [5.41, 5.74) is 15.7. The fourth-order valence-corrected chi connectivity index (χ4v) is 29.3. The maximum atomic E-state index is 16.7. The van der Waals surface area contributed by atoms with Crippen molar-refractivity contribution in [2.24, 2.45) is 0 Å². The van der Waals surface area contributed by atoms with Crippen LogP contribution in [-0.4, -0.2) is 10.2 Å². The Bertz CT molecular complexity index is 4420. The van der Waals surface area contributed by atoms with Crippen molar-refractivity contribution in [3.05, 3.63) is 319 Å². The second-order valence-electron chi connectivity index (χ2n) is 22.6. The molecule has 0 fully saturated rings. The van der Waals surface area contributed by atoms with Crippen molar-refractivity contribution in [1.82, 2.24) is 0 Å². The fraction of sp³-hybridized carbons (Fsp3) is 0.0400. The van der Waals surface area contributed by atoms with Crippen LogP contribution in [0.4, 0.5) is 5.69 Å². The lowest BCUT2D eigenvalue weighted by Crippen LogP contribution is -2.42. The molecule has 90 heavy (non-hydrogen) atoms. The Hall–Kier alpha value is -9.84. The van der Waals surface area contributed by atoms with Gasteiger partial charge in [0.2, 0.25) is 9.79 Å². The molecule has 15 heteroatoms. The number of rotatable bonds is 8. The second-order valence-corrected chi connectivity index (χ2v) is 33.0. The number of anilines is 1. The predicted molar refractivity (Wildman–Crippen MR) is 359 cm³/mol. The minimum atomic E-state index is -4.40. The van der Waals surface area contributed by atoms with Crippen LogP contribution < -0.4 is 45.0 Å². The molecule has 4 unspecified atom stereocenters. The van der Waals surface area contributed by atoms with Crippen molar-refractivity contribution in [2.75, 3.05) is 5.73 Å². The highest BCUT2D eigenvalue weighted by Gasteiger charge is 2.72. The van der Waals surface area contributed by atoms with Gasteiger partial charge in [0.05, 0.1) is 21.2 Å². The van der Waals surface area contributed by atoms with E-state index in [-0.39, 0.29) is 11.5 Å². The van der Waals surface area contributed by atoms with Gasteiger partial charge in [-0.1, -0.05) is 212 Å². The van der Waals surface area contributed by atoms with Crippen molar-refractivity contribution in [2.45, 2.75) is 16.7 Å². The number of nitrogen functional groups attached to an aromatic ring is 1. The molecular formula is C75H55NO10P4. The zero-order valence-corrected chi connectivity index (χ0v) is 51.8. The van der Waals surface area contributed by atoms with Crippen LogP contribution in [0.25, 0.3) is 44.5 Å². The summed E-state index contributed by atoms with van der Waals surface area (Å²) < 4.78 is 94.0. The van der Waals surface area contributed by atoms with Gasteiger partial charge in [-0.05, 0) is 136 Å². The average molecular weight is 1250 g/mol. The maximum absolute atomic E-state index is 16.7. The molecule has 440 valence electrons. The molecule has 4 aliphatic heterocycles. The highest BCUT2D eigenvalue weighted by atomic mass is 31.2. The maximum Gasteiger partial charge on any atom is 0.303 e. The quantitative estimate of drug-likeness (QED) is 0.0977. The Kier molecular flexibility index (Phi) is 13.5. The van der Waals surface area contributed by atoms with Crippen LogP contribution in [-0.2, 0) is 28.1 Å². The molecule has 0 saturated carbocycles. The average Bonchev–Trinajstić information content (AvgIpc) is 0.677. The van der Waals surface area contributed by atoms with E-state index in [0.29, 0.717) is 83.3 Å². The zero-order chi connectivity index (χ0) is 61.6. The van der Waals surface area contributed by atoms with Gasteiger partial charge in [-0.3, -0.25) is 18.3 Å². The summed E-state index contributed by atoms with van der Waals surface area (Å²) in [5.74, 6) is 1.67. The molecule has 0 bridgehead atoms. The van der Waals surface area contributed by atoms with Crippen LogP contribution in [0.5, 0.6) is 34.5 Å². The van der Waals surface area contributed by atoms with Gasteiger partial charge in [-0.2, -0.15) is 0 Å². The summed E-state index contributed by atoms with van der Waals surface area (Å²) >= 11 is 0. The molecule has 4 aliphatic rings. The molecule has 0 spiro atoms. The monoisotopic (exact) mass is 1250 g/mol. The first-order valence-electron chi connectivity index (χ1n) is 29.2. The third kappa shape index (κ3) is 8.20. The number of phenolic OH excluding ortho intramolecular Hbond substituents is 2. The van der Waals surface area contributed by atoms with Crippen LogP contribution in [0, 0.1) is 6.92 Å². The van der Waals surface area contributed by atoms with Crippen LogP contribution in [0.15, 0.2) is 291 Å². The highest BCUT2D eigenvalue weighted by Crippen LogP contribution is 2.86. The zero-order valence-electron chi connectivity index (χ0n) is 48.2. The summed E-state index contributed by atoms with van der Waals surface area (Å²) in [6.07, 6.45) is 0. The number of benzene rings is 12. The number of nitrogens with two attached hydrogens (primary N) is 1. The van der Waals surface area contributed by atoms with Crippen LogP contribution in [0.1, 0.15) is 27.8 Å². The number of fused-ring (bicyclic) bond motifs is 12. The molecule has 12 aromatic rings.